The lowest BCUT2D eigenvalue weighted by Crippen LogP contribution is -2.16. The second-order valence-electron chi connectivity index (χ2n) is 3.85. The molecule has 2 N–H and O–H groups in total. The predicted octanol–water partition coefficient (Wildman–Crippen LogP) is 1.22. The van der Waals surface area contributed by atoms with E-state index in [0.717, 1.165) is 6.42 Å². The van der Waals surface area contributed by atoms with Crippen molar-refractivity contribution >= 4 is 11.7 Å². The summed E-state index contributed by atoms with van der Waals surface area (Å²) in [5.41, 5.74) is 6.67. The molecular weight excluding hydrogens is 222 g/mol. The number of hydrogen-bond acceptors (Lipinski definition) is 5. The Morgan fingerprint density at radius 2 is 2.35 bits per heavy atom. The highest BCUT2D eigenvalue weighted by molar-refractivity contribution is 5.90. The third-order valence-corrected chi connectivity index (χ3v) is 2.61. The molecule has 1 aromatic carbocycles. The van der Waals surface area contributed by atoms with Crippen molar-refractivity contribution in [1.82, 2.24) is 0 Å². The van der Waals surface area contributed by atoms with Crippen LogP contribution in [0.15, 0.2) is 18.2 Å². The molecule has 5 heteroatoms. The van der Waals surface area contributed by atoms with Gasteiger partial charge in [0.25, 0.3) is 0 Å². The molecule has 17 heavy (non-hydrogen) atoms. The van der Waals surface area contributed by atoms with Gasteiger partial charge in [-0.2, -0.15) is 0 Å². The van der Waals surface area contributed by atoms with E-state index in [9.17, 15) is 4.79 Å². The molecule has 1 saturated heterocycles. The molecule has 1 aliphatic heterocycles. The van der Waals surface area contributed by atoms with Crippen molar-refractivity contribution in [3.63, 3.8) is 0 Å². The van der Waals surface area contributed by atoms with Gasteiger partial charge in [0, 0.05) is 6.42 Å². The standard InChI is InChI=1S/C12H15NO4/c1-15-12(14)8-2-3-11(10(13)6-8)17-9-4-5-16-7-9/h2-3,6,9H,4-5,7,13H2,1H3. The number of anilines is 1. The summed E-state index contributed by atoms with van der Waals surface area (Å²) in [4.78, 5) is 11.3. The van der Waals surface area contributed by atoms with E-state index < -0.39 is 5.97 Å². The van der Waals surface area contributed by atoms with Crippen molar-refractivity contribution in [2.45, 2.75) is 12.5 Å². The number of esters is 1. The first kappa shape index (κ1) is 11.7. The van der Waals surface area contributed by atoms with Crippen LogP contribution in [0.25, 0.3) is 0 Å². The number of nitrogens with two attached hydrogens (primary N) is 1. The van der Waals surface area contributed by atoms with E-state index in [1.54, 1.807) is 18.2 Å². The van der Waals surface area contributed by atoms with Crippen LogP contribution in [0.3, 0.4) is 0 Å². The first-order valence-corrected chi connectivity index (χ1v) is 5.43. The van der Waals surface area contributed by atoms with E-state index in [1.807, 2.05) is 0 Å². The van der Waals surface area contributed by atoms with Crippen molar-refractivity contribution in [2.75, 3.05) is 26.1 Å². The quantitative estimate of drug-likeness (QED) is 0.632. The average Bonchev–Trinajstić information content (AvgIpc) is 2.83. The molecule has 0 aromatic heterocycles. The summed E-state index contributed by atoms with van der Waals surface area (Å²) in [5.74, 6) is 0.167. The van der Waals surface area contributed by atoms with Crippen LogP contribution < -0.4 is 10.5 Å². The highest BCUT2D eigenvalue weighted by Crippen LogP contribution is 2.25. The lowest BCUT2D eigenvalue weighted by Gasteiger charge is -2.14. The number of benzene rings is 1. The van der Waals surface area contributed by atoms with Gasteiger partial charge in [-0.1, -0.05) is 0 Å². The topological polar surface area (TPSA) is 70.8 Å². The summed E-state index contributed by atoms with van der Waals surface area (Å²) in [6.07, 6.45) is 0.902. The zero-order chi connectivity index (χ0) is 12.3. The summed E-state index contributed by atoms with van der Waals surface area (Å²) in [6, 6.07) is 4.87. The molecule has 0 saturated carbocycles. The van der Waals surface area contributed by atoms with Gasteiger partial charge in [0.05, 0.1) is 31.6 Å². The van der Waals surface area contributed by atoms with Gasteiger partial charge in [-0.15, -0.1) is 0 Å². The predicted molar refractivity (Wildman–Crippen MR) is 62.0 cm³/mol. The molecule has 1 heterocycles. The van der Waals surface area contributed by atoms with Crippen LogP contribution in [0.5, 0.6) is 5.75 Å². The lowest BCUT2D eigenvalue weighted by molar-refractivity contribution is 0.0600. The maximum Gasteiger partial charge on any atom is 0.337 e. The Hall–Kier alpha value is -1.75. The molecule has 1 aromatic rings. The second kappa shape index (κ2) is 5.05. The molecule has 2 rings (SSSR count). The van der Waals surface area contributed by atoms with Crippen LogP contribution in [-0.4, -0.2) is 32.4 Å². The normalized spacial score (nSPS) is 19.0. The van der Waals surface area contributed by atoms with Crippen molar-refractivity contribution in [3.8, 4) is 5.75 Å². The Kier molecular flexibility index (Phi) is 3.49. The van der Waals surface area contributed by atoms with Crippen molar-refractivity contribution < 1.29 is 19.0 Å². The van der Waals surface area contributed by atoms with Gasteiger partial charge < -0.3 is 19.9 Å². The maximum absolute atomic E-state index is 11.3. The van der Waals surface area contributed by atoms with Gasteiger partial charge in [-0.05, 0) is 18.2 Å². The Balaban J connectivity index is 2.10. The fourth-order valence-electron chi connectivity index (χ4n) is 1.69. The summed E-state index contributed by atoms with van der Waals surface area (Å²) < 4.78 is 15.5. The third kappa shape index (κ3) is 2.68. The SMILES string of the molecule is COC(=O)c1ccc(OC2CCOC2)c(N)c1. The van der Waals surface area contributed by atoms with Gasteiger partial charge in [0.2, 0.25) is 0 Å². The van der Waals surface area contributed by atoms with E-state index in [1.165, 1.54) is 7.11 Å². The minimum absolute atomic E-state index is 0.0428. The minimum Gasteiger partial charge on any atom is -0.486 e. The monoisotopic (exact) mass is 237 g/mol. The van der Waals surface area contributed by atoms with Gasteiger partial charge in [0.15, 0.2) is 0 Å². The summed E-state index contributed by atoms with van der Waals surface area (Å²) in [7, 11) is 1.33. The van der Waals surface area contributed by atoms with Crippen LogP contribution in [0.2, 0.25) is 0 Å². The second-order valence-corrected chi connectivity index (χ2v) is 3.85. The number of nitrogen functional groups attached to an aromatic ring is 1. The molecule has 1 atom stereocenters. The minimum atomic E-state index is -0.410. The van der Waals surface area contributed by atoms with E-state index >= 15 is 0 Å². The molecular formula is C12H15NO4. The van der Waals surface area contributed by atoms with Gasteiger partial charge in [-0.25, -0.2) is 4.79 Å². The third-order valence-electron chi connectivity index (χ3n) is 2.61. The first-order valence-electron chi connectivity index (χ1n) is 5.43. The van der Waals surface area contributed by atoms with Crippen molar-refractivity contribution in [1.29, 1.82) is 0 Å². The Bertz CT molecular complexity index is 413. The van der Waals surface area contributed by atoms with Gasteiger partial charge in [-0.3, -0.25) is 0 Å². The van der Waals surface area contributed by atoms with Crippen LogP contribution in [-0.2, 0) is 9.47 Å². The molecule has 1 fully saturated rings. The Labute approximate surface area is 99.5 Å². The van der Waals surface area contributed by atoms with E-state index in [4.69, 9.17) is 15.2 Å². The fraction of sp³-hybridized carbons (Fsp3) is 0.417. The highest BCUT2D eigenvalue weighted by Gasteiger charge is 2.18. The van der Waals surface area contributed by atoms with Crippen molar-refractivity contribution in [2.24, 2.45) is 0 Å². The number of rotatable bonds is 3. The number of methoxy groups -OCH3 is 1. The first-order chi connectivity index (χ1) is 8.20. The maximum atomic E-state index is 11.3. The largest absolute Gasteiger partial charge is 0.486 e. The number of hydrogen-bond donors (Lipinski definition) is 1. The number of carbonyl (C=O) groups excluding carboxylic acids is 1. The molecule has 1 unspecified atom stereocenters. The average molecular weight is 237 g/mol. The molecule has 0 amide bonds. The van der Waals surface area contributed by atoms with E-state index in [-0.39, 0.29) is 6.10 Å². The van der Waals surface area contributed by atoms with Crippen LogP contribution in [0.1, 0.15) is 16.8 Å². The fourth-order valence-corrected chi connectivity index (χ4v) is 1.69. The van der Waals surface area contributed by atoms with Crippen LogP contribution in [0.4, 0.5) is 5.69 Å². The van der Waals surface area contributed by atoms with Gasteiger partial charge >= 0.3 is 5.97 Å². The molecule has 0 spiro atoms. The molecule has 92 valence electrons. The van der Waals surface area contributed by atoms with Gasteiger partial charge in [0.1, 0.15) is 11.9 Å². The summed E-state index contributed by atoms with van der Waals surface area (Å²) in [5, 5.41) is 0. The number of carbonyl (C=O) groups is 1. The Morgan fingerprint density at radius 3 is 2.94 bits per heavy atom. The zero-order valence-electron chi connectivity index (χ0n) is 9.64. The van der Waals surface area contributed by atoms with Crippen LogP contribution >= 0.6 is 0 Å². The Morgan fingerprint density at radius 1 is 1.53 bits per heavy atom. The highest BCUT2D eigenvalue weighted by atomic mass is 16.5. The summed E-state index contributed by atoms with van der Waals surface area (Å²) in [6.45, 7) is 1.29. The molecule has 5 nitrogen and oxygen atoms in total. The molecule has 0 aliphatic carbocycles. The molecule has 0 bridgehead atoms. The van der Waals surface area contributed by atoms with E-state index in [2.05, 4.69) is 4.74 Å². The number of ether oxygens (including phenoxy) is 3. The zero-order valence-corrected chi connectivity index (χ0v) is 9.64. The van der Waals surface area contributed by atoms with Crippen LogP contribution in [0, 0.1) is 0 Å². The molecule has 1 aliphatic rings. The van der Waals surface area contributed by atoms with Crippen molar-refractivity contribution in [3.05, 3.63) is 23.8 Å². The smallest absolute Gasteiger partial charge is 0.337 e. The lowest BCUT2D eigenvalue weighted by atomic mass is 10.2. The molecule has 0 radical (unpaired) electrons. The van der Waals surface area contributed by atoms with E-state index in [0.29, 0.717) is 30.2 Å². The summed E-state index contributed by atoms with van der Waals surface area (Å²) >= 11 is 0.